The standard InChI is InChI=1S/C22H21ClFN5O3S/c1-28-20(22(32)26-16-5-6-18(24)17(23)8-16)9-19(27-33-28)14-4-2-3-13(7-14)15-10-25-29(11-15)12-21(30)31/h2-8,10-11,19-20,27H,9,12H2,1H3,(H,26,32)(H,30,31). The topological polar surface area (TPSA) is 99.5 Å². The average Bonchev–Trinajstić information content (AvgIpc) is 3.24. The Labute approximate surface area is 199 Å². The predicted octanol–water partition coefficient (Wildman–Crippen LogP) is 3.96. The number of carbonyl (C=O) groups excluding carboxylic acids is 1. The van der Waals surface area contributed by atoms with Gasteiger partial charge in [0.15, 0.2) is 0 Å². The Morgan fingerprint density at radius 3 is 2.88 bits per heavy atom. The van der Waals surface area contributed by atoms with Gasteiger partial charge in [0.05, 0.1) is 11.2 Å². The van der Waals surface area contributed by atoms with Gasteiger partial charge in [0.2, 0.25) is 5.91 Å². The number of rotatable bonds is 6. The SMILES string of the molecule is CN1SNC(c2cccc(-c3cnn(CC(=O)O)c3)c2)CC1C(=O)Nc1ccc(F)c(Cl)c1. The summed E-state index contributed by atoms with van der Waals surface area (Å²) >= 11 is 7.16. The number of carbonyl (C=O) groups is 2. The molecule has 2 atom stereocenters. The number of nitrogens with one attached hydrogen (secondary N) is 2. The first-order valence-electron chi connectivity index (χ1n) is 10.1. The average molecular weight is 490 g/mol. The van der Waals surface area contributed by atoms with Crippen molar-refractivity contribution in [3.63, 3.8) is 0 Å². The Hall–Kier alpha value is -2.92. The second-order valence-electron chi connectivity index (χ2n) is 7.62. The van der Waals surface area contributed by atoms with Gasteiger partial charge in [-0.3, -0.25) is 14.3 Å². The molecule has 172 valence electrons. The molecule has 0 aliphatic carbocycles. The molecule has 2 aromatic carbocycles. The molecule has 0 saturated carbocycles. The number of hydrogen-bond acceptors (Lipinski definition) is 6. The number of halogens is 2. The van der Waals surface area contributed by atoms with Gasteiger partial charge in [-0.2, -0.15) is 5.10 Å². The van der Waals surface area contributed by atoms with Crippen LogP contribution in [0, 0.1) is 5.82 Å². The summed E-state index contributed by atoms with van der Waals surface area (Å²) in [6, 6.07) is 11.3. The molecule has 0 spiro atoms. The number of nitrogens with zero attached hydrogens (tertiary/aromatic N) is 3. The maximum Gasteiger partial charge on any atom is 0.325 e. The maximum absolute atomic E-state index is 13.4. The second kappa shape index (κ2) is 9.92. The molecule has 1 aliphatic heterocycles. The smallest absolute Gasteiger partial charge is 0.325 e. The van der Waals surface area contributed by atoms with Crippen molar-refractivity contribution in [2.45, 2.75) is 25.0 Å². The Balaban J connectivity index is 1.49. The fourth-order valence-corrected chi connectivity index (χ4v) is 4.59. The molecule has 3 N–H and O–H groups in total. The normalized spacial score (nSPS) is 18.8. The van der Waals surface area contributed by atoms with Crippen molar-refractivity contribution in [3.8, 4) is 11.1 Å². The van der Waals surface area contributed by atoms with Crippen molar-refractivity contribution in [1.29, 1.82) is 0 Å². The van der Waals surface area contributed by atoms with Crippen molar-refractivity contribution >= 4 is 41.3 Å². The number of benzene rings is 2. The van der Waals surface area contributed by atoms with Gasteiger partial charge in [0.25, 0.3) is 0 Å². The zero-order valence-electron chi connectivity index (χ0n) is 17.5. The highest BCUT2D eigenvalue weighted by Crippen LogP contribution is 2.33. The van der Waals surface area contributed by atoms with Gasteiger partial charge in [-0.15, -0.1) is 0 Å². The van der Waals surface area contributed by atoms with Crippen LogP contribution in [0.1, 0.15) is 18.0 Å². The zero-order valence-corrected chi connectivity index (χ0v) is 19.1. The van der Waals surface area contributed by atoms with Crippen LogP contribution >= 0.6 is 23.7 Å². The molecule has 1 saturated heterocycles. The molecule has 3 aromatic rings. The van der Waals surface area contributed by atoms with Crippen LogP contribution in [0.15, 0.2) is 54.9 Å². The van der Waals surface area contributed by atoms with E-state index in [1.165, 1.54) is 35.0 Å². The summed E-state index contributed by atoms with van der Waals surface area (Å²) in [5, 5.41) is 15.8. The van der Waals surface area contributed by atoms with E-state index in [-0.39, 0.29) is 23.5 Å². The van der Waals surface area contributed by atoms with Crippen LogP contribution < -0.4 is 10.0 Å². The number of likely N-dealkylation sites (N-methyl/N-ethyl adjacent to an activating group) is 1. The number of anilines is 1. The van der Waals surface area contributed by atoms with E-state index in [0.29, 0.717) is 12.1 Å². The molecule has 4 rings (SSSR count). The first-order valence-corrected chi connectivity index (χ1v) is 11.2. The van der Waals surface area contributed by atoms with Crippen molar-refractivity contribution in [2.75, 3.05) is 12.4 Å². The summed E-state index contributed by atoms with van der Waals surface area (Å²) in [7, 11) is 1.82. The quantitative estimate of drug-likeness (QED) is 0.450. The molecule has 0 radical (unpaired) electrons. The first-order chi connectivity index (χ1) is 15.8. The van der Waals surface area contributed by atoms with E-state index >= 15 is 0 Å². The molecule has 11 heteroatoms. The second-order valence-corrected chi connectivity index (χ2v) is 9.02. The molecule has 33 heavy (non-hydrogen) atoms. The number of carboxylic acids is 1. The lowest BCUT2D eigenvalue weighted by atomic mass is 9.96. The van der Waals surface area contributed by atoms with Gasteiger partial charge in [-0.25, -0.2) is 13.4 Å². The Morgan fingerprint density at radius 2 is 2.12 bits per heavy atom. The van der Waals surface area contributed by atoms with E-state index in [0.717, 1.165) is 16.7 Å². The molecule has 1 amide bonds. The molecule has 2 unspecified atom stereocenters. The summed E-state index contributed by atoms with van der Waals surface area (Å²) in [5.41, 5.74) is 3.12. The van der Waals surface area contributed by atoms with Crippen LogP contribution in [0.5, 0.6) is 0 Å². The van der Waals surface area contributed by atoms with E-state index in [1.54, 1.807) is 12.4 Å². The molecule has 0 bridgehead atoms. The minimum Gasteiger partial charge on any atom is -0.480 e. The van der Waals surface area contributed by atoms with Crippen molar-refractivity contribution in [3.05, 3.63) is 71.3 Å². The highest BCUT2D eigenvalue weighted by Gasteiger charge is 2.33. The first kappa shape index (κ1) is 23.2. The lowest BCUT2D eigenvalue weighted by molar-refractivity contribution is -0.137. The Bertz CT molecular complexity index is 1190. The molecule has 8 nitrogen and oxygen atoms in total. The summed E-state index contributed by atoms with van der Waals surface area (Å²) in [6.07, 6.45) is 3.82. The monoisotopic (exact) mass is 489 g/mol. The van der Waals surface area contributed by atoms with Gasteiger partial charge in [0.1, 0.15) is 18.4 Å². The fraction of sp³-hybridized carbons (Fsp3) is 0.227. The van der Waals surface area contributed by atoms with Gasteiger partial charge >= 0.3 is 5.97 Å². The number of aromatic nitrogens is 2. The molecular weight excluding hydrogens is 469 g/mol. The van der Waals surface area contributed by atoms with Gasteiger partial charge in [-0.05, 0) is 48.9 Å². The number of carboxylic acid groups (broad SMARTS) is 1. The van der Waals surface area contributed by atoms with Crippen molar-refractivity contribution in [2.24, 2.45) is 0 Å². The molecular formula is C22H21ClFN5O3S. The summed E-state index contributed by atoms with van der Waals surface area (Å²) in [6.45, 7) is -0.205. The van der Waals surface area contributed by atoms with Crippen molar-refractivity contribution in [1.82, 2.24) is 18.8 Å². The molecule has 2 heterocycles. The van der Waals surface area contributed by atoms with E-state index in [1.807, 2.05) is 35.6 Å². The third-order valence-corrected chi connectivity index (χ3v) is 6.50. The van der Waals surface area contributed by atoms with Crippen LogP contribution in [-0.2, 0) is 16.1 Å². The Kier molecular flexibility index (Phi) is 6.99. The molecule has 1 aliphatic rings. The molecule has 1 aromatic heterocycles. The lowest BCUT2D eigenvalue weighted by Crippen LogP contribution is -2.46. The largest absolute Gasteiger partial charge is 0.480 e. The fourth-order valence-electron chi connectivity index (χ4n) is 3.58. The van der Waals surface area contributed by atoms with Crippen molar-refractivity contribution < 1.29 is 19.1 Å². The summed E-state index contributed by atoms with van der Waals surface area (Å²) in [4.78, 5) is 23.8. The zero-order chi connectivity index (χ0) is 23.5. The van der Waals surface area contributed by atoms with Crippen LogP contribution in [0.3, 0.4) is 0 Å². The van der Waals surface area contributed by atoms with E-state index in [9.17, 15) is 14.0 Å². The van der Waals surface area contributed by atoms with Crippen LogP contribution in [0.4, 0.5) is 10.1 Å². The summed E-state index contributed by atoms with van der Waals surface area (Å²) < 4.78 is 20.0. The lowest BCUT2D eigenvalue weighted by Gasteiger charge is -2.35. The van der Waals surface area contributed by atoms with Crippen LogP contribution in [0.25, 0.3) is 11.1 Å². The highest BCUT2D eigenvalue weighted by molar-refractivity contribution is 7.95. The third kappa shape index (κ3) is 5.53. The third-order valence-electron chi connectivity index (χ3n) is 5.28. The number of aliphatic carboxylic acids is 1. The van der Waals surface area contributed by atoms with Gasteiger partial charge in [0, 0.05) is 35.6 Å². The minimum absolute atomic E-state index is 0.0535. The Morgan fingerprint density at radius 1 is 1.30 bits per heavy atom. The minimum atomic E-state index is -0.960. The highest BCUT2D eigenvalue weighted by atomic mass is 35.5. The summed E-state index contributed by atoms with van der Waals surface area (Å²) in [5.74, 6) is -1.72. The van der Waals surface area contributed by atoms with Gasteiger partial charge < -0.3 is 10.4 Å². The van der Waals surface area contributed by atoms with Crippen LogP contribution in [-0.4, -0.2) is 44.2 Å². The maximum atomic E-state index is 13.4. The van der Waals surface area contributed by atoms with E-state index in [4.69, 9.17) is 16.7 Å². The van der Waals surface area contributed by atoms with Gasteiger partial charge in [-0.1, -0.05) is 29.8 Å². The van der Waals surface area contributed by atoms with Crippen LogP contribution in [0.2, 0.25) is 5.02 Å². The number of amides is 1. The van der Waals surface area contributed by atoms with E-state index in [2.05, 4.69) is 15.1 Å². The molecule has 1 fully saturated rings. The number of hydrogen-bond donors (Lipinski definition) is 3. The van der Waals surface area contributed by atoms with E-state index < -0.39 is 17.8 Å². The predicted molar refractivity (Wildman–Crippen MR) is 125 cm³/mol.